The SMILES string of the molecule is CCOC1CC(NC2CCCCCCC2)C1. The summed E-state index contributed by atoms with van der Waals surface area (Å²) >= 11 is 0. The van der Waals surface area contributed by atoms with Crippen LogP contribution >= 0.6 is 0 Å². The fourth-order valence-electron chi connectivity index (χ4n) is 3.03. The second kappa shape index (κ2) is 6.61. The Labute approximate surface area is 100 Å². The zero-order valence-electron chi connectivity index (χ0n) is 10.7. The minimum absolute atomic E-state index is 0.552. The van der Waals surface area contributed by atoms with E-state index in [0.29, 0.717) is 6.10 Å². The molecule has 0 aromatic carbocycles. The van der Waals surface area contributed by atoms with Crippen LogP contribution in [0.4, 0.5) is 0 Å². The van der Waals surface area contributed by atoms with Crippen molar-refractivity contribution in [1.82, 2.24) is 5.32 Å². The summed E-state index contributed by atoms with van der Waals surface area (Å²) in [5, 5.41) is 3.83. The Bertz CT molecular complexity index is 181. The molecule has 2 aliphatic carbocycles. The van der Waals surface area contributed by atoms with Crippen molar-refractivity contribution in [3.63, 3.8) is 0 Å². The van der Waals surface area contributed by atoms with Gasteiger partial charge in [-0.25, -0.2) is 0 Å². The third-order valence-electron chi connectivity index (χ3n) is 4.07. The number of hydrogen-bond acceptors (Lipinski definition) is 2. The monoisotopic (exact) mass is 225 g/mol. The van der Waals surface area contributed by atoms with Crippen molar-refractivity contribution in [2.75, 3.05) is 6.61 Å². The van der Waals surface area contributed by atoms with Gasteiger partial charge in [0.2, 0.25) is 0 Å². The Morgan fingerprint density at radius 1 is 0.938 bits per heavy atom. The quantitative estimate of drug-likeness (QED) is 0.793. The van der Waals surface area contributed by atoms with E-state index in [1.54, 1.807) is 0 Å². The molecule has 16 heavy (non-hydrogen) atoms. The van der Waals surface area contributed by atoms with Gasteiger partial charge in [-0.3, -0.25) is 0 Å². The second-order valence-electron chi connectivity index (χ2n) is 5.45. The fraction of sp³-hybridized carbons (Fsp3) is 1.00. The molecule has 0 amide bonds. The highest BCUT2D eigenvalue weighted by Gasteiger charge is 2.30. The van der Waals surface area contributed by atoms with Gasteiger partial charge in [-0.15, -0.1) is 0 Å². The third-order valence-corrected chi connectivity index (χ3v) is 4.07. The summed E-state index contributed by atoms with van der Waals surface area (Å²) in [7, 11) is 0. The van der Waals surface area contributed by atoms with Crippen molar-refractivity contribution in [2.45, 2.75) is 82.9 Å². The fourth-order valence-corrected chi connectivity index (χ4v) is 3.03. The topological polar surface area (TPSA) is 21.3 Å². The molecule has 94 valence electrons. The van der Waals surface area contributed by atoms with Gasteiger partial charge in [0.15, 0.2) is 0 Å². The van der Waals surface area contributed by atoms with Gasteiger partial charge >= 0.3 is 0 Å². The molecule has 2 rings (SSSR count). The molecule has 0 heterocycles. The molecule has 2 heteroatoms. The Kier molecular flexibility index (Phi) is 5.11. The van der Waals surface area contributed by atoms with E-state index in [0.717, 1.165) is 18.7 Å². The molecule has 0 radical (unpaired) electrons. The molecule has 0 saturated heterocycles. The van der Waals surface area contributed by atoms with Crippen molar-refractivity contribution in [1.29, 1.82) is 0 Å². The first-order chi connectivity index (χ1) is 7.88. The molecule has 0 aliphatic heterocycles. The molecule has 0 spiro atoms. The van der Waals surface area contributed by atoms with E-state index in [-0.39, 0.29) is 0 Å². The zero-order chi connectivity index (χ0) is 11.2. The van der Waals surface area contributed by atoms with E-state index < -0.39 is 0 Å². The molecule has 2 aliphatic rings. The van der Waals surface area contributed by atoms with Crippen LogP contribution in [0.2, 0.25) is 0 Å². The van der Waals surface area contributed by atoms with Crippen LogP contribution in [0.25, 0.3) is 0 Å². The van der Waals surface area contributed by atoms with Crippen molar-refractivity contribution in [2.24, 2.45) is 0 Å². The van der Waals surface area contributed by atoms with Crippen LogP contribution in [0.5, 0.6) is 0 Å². The van der Waals surface area contributed by atoms with Crippen molar-refractivity contribution in [3.8, 4) is 0 Å². The first kappa shape index (κ1) is 12.4. The lowest BCUT2D eigenvalue weighted by molar-refractivity contribution is -0.0130. The van der Waals surface area contributed by atoms with Crippen molar-refractivity contribution < 1.29 is 4.74 Å². The van der Waals surface area contributed by atoms with E-state index in [9.17, 15) is 0 Å². The van der Waals surface area contributed by atoms with Crippen molar-refractivity contribution >= 4 is 0 Å². The Hall–Kier alpha value is -0.0800. The van der Waals surface area contributed by atoms with Gasteiger partial charge in [-0.2, -0.15) is 0 Å². The largest absolute Gasteiger partial charge is 0.378 e. The molecule has 0 unspecified atom stereocenters. The predicted octanol–water partition coefficient (Wildman–Crippen LogP) is 3.26. The minimum atomic E-state index is 0.552. The van der Waals surface area contributed by atoms with Gasteiger partial charge < -0.3 is 10.1 Å². The summed E-state index contributed by atoms with van der Waals surface area (Å²) in [4.78, 5) is 0. The summed E-state index contributed by atoms with van der Waals surface area (Å²) in [6, 6.07) is 1.55. The van der Waals surface area contributed by atoms with Crippen LogP contribution in [0.3, 0.4) is 0 Å². The molecular formula is C14H27NO. The summed E-state index contributed by atoms with van der Waals surface area (Å²) in [6.45, 7) is 2.97. The molecule has 0 bridgehead atoms. The maximum Gasteiger partial charge on any atom is 0.0604 e. The lowest BCUT2D eigenvalue weighted by Gasteiger charge is -2.38. The van der Waals surface area contributed by atoms with Gasteiger partial charge in [-0.05, 0) is 32.6 Å². The van der Waals surface area contributed by atoms with Gasteiger partial charge in [0.1, 0.15) is 0 Å². The van der Waals surface area contributed by atoms with Crippen LogP contribution < -0.4 is 5.32 Å². The summed E-state index contributed by atoms with van der Waals surface area (Å²) < 4.78 is 5.60. The van der Waals surface area contributed by atoms with Gasteiger partial charge in [0.25, 0.3) is 0 Å². The third kappa shape index (κ3) is 3.74. The van der Waals surface area contributed by atoms with E-state index in [1.807, 2.05) is 0 Å². The molecule has 0 atom stereocenters. The highest BCUT2D eigenvalue weighted by Crippen LogP contribution is 2.26. The van der Waals surface area contributed by atoms with E-state index >= 15 is 0 Å². The highest BCUT2D eigenvalue weighted by atomic mass is 16.5. The van der Waals surface area contributed by atoms with Crippen LogP contribution in [-0.2, 0) is 4.74 Å². The summed E-state index contributed by atoms with van der Waals surface area (Å²) in [5.74, 6) is 0. The van der Waals surface area contributed by atoms with E-state index in [4.69, 9.17) is 4.74 Å². The van der Waals surface area contributed by atoms with E-state index in [2.05, 4.69) is 12.2 Å². The first-order valence-electron chi connectivity index (χ1n) is 7.26. The van der Waals surface area contributed by atoms with Crippen LogP contribution in [-0.4, -0.2) is 24.8 Å². The number of rotatable bonds is 4. The molecule has 0 aromatic rings. The van der Waals surface area contributed by atoms with Gasteiger partial charge in [-0.1, -0.05) is 32.1 Å². The number of ether oxygens (including phenoxy) is 1. The normalized spacial score (nSPS) is 32.8. The standard InChI is InChI=1S/C14H27NO/c1-2-16-14-10-13(11-14)15-12-8-6-4-3-5-7-9-12/h12-15H,2-11H2,1H3. The maximum atomic E-state index is 5.60. The Morgan fingerprint density at radius 3 is 2.19 bits per heavy atom. The highest BCUT2D eigenvalue weighted by molar-refractivity contribution is 4.88. The van der Waals surface area contributed by atoms with Crippen molar-refractivity contribution in [3.05, 3.63) is 0 Å². The van der Waals surface area contributed by atoms with Crippen LogP contribution in [0.1, 0.15) is 64.7 Å². The Morgan fingerprint density at radius 2 is 1.56 bits per heavy atom. The predicted molar refractivity (Wildman–Crippen MR) is 67.7 cm³/mol. The van der Waals surface area contributed by atoms with Crippen LogP contribution in [0.15, 0.2) is 0 Å². The molecule has 2 nitrogen and oxygen atoms in total. The summed E-state index contributed by atoms with van der Waals surface area (Å²) in [6.07, 6.45) is 13.0. The average molecular weight is 225 g/mol. The molecular weight excluding hydrogens is 198 g/mol. The molecule has 1 N–H and O–H groups in total. The lowest BCUT2D eigenvalue weighted by Crippen LogP contribution is -2.49. The van der Waals surface area contributed by atoms with E-state index in [1.165, 1.54) is 57.8 Å². The number of nitrogens with one attached hydrogen (secondary N) is 1. The van der Waals surface area contributed by atoms with Gasteiger partial charge in [0.05, 0.1) is 6.10 Å². The summed E-state index contributed by atoms with van der Waals surface area (Å²) in [5.41, 5.74) is 0. The Balaban J connectivity index is 1.61. The van der Waals surface area contributed by atoms with Gasteiger partial charge in [0, 0.05) is 18.7 Å². The number of hydrogen-bond donors (Lipinski definition) is 1. The molecule has 2 saturated carbocycles. The first-order valence-corrected chi connectivity index (χ1v) is 7.26. The minimum Gasteiger partial charge on any atom is -0.378 e. The average Bonchev–Trinajstić information content (AvgIpc) is 2.18. The maximum absolute atomic E-state index is 5.60. The zero-order valence-corrected chi connectivity index (χ0v) is 10.7. The molecule has 2 fully saturated rings. The second-order valence-corrected chi connectivity index (χ2v) is 5.45. The smallest absolute Gasteiger partial charge is 0.0604 e. The lowest BCUT2D eigenvalue weighted by atomic mass is 9.87. The van der Waals surface area contributed by atoms with Crippen LogP contribution in [0, 0.1) is 0 Å². The molecule has 0 aromatic heterocycles.